The van der Waals surface area contributed by atoms with Crippen LogP contribution >= 0.6 is 39.1 Å². The van der Waals surface area contributed by atoms with Gasteiger partial charge in [0.2, 0.25) is 0 Å². The van der Waals surface area contributed by atoms with Gasteiger partial charge in [0.05, 0.1) is 15.6 Å². The predicted octanol–water partition coefficient (Wildman–Crippen LogP) is 6.12. The van der Waals surface area contributed by atoms with E-state index < -0.39 is 33.5 Å². The Hall–Kier alpha value is -2.40. The molecule has 0 bridgehead atoms. The van der Waals surface area contributed by atoms with Gasteiger partial charge in [-0.2, -0.15) is 23.5 Å². The van der Waals surface area contributed by atoms with Crippen LogP contribution in [0, 0.1) is 22.1 Å². The van der Waals surface area contributed by atoms with Crippen LogP contribution in [0.15, 0.2) is 12.1 Å². The maximum atomic E-state index is 13.0. The summed E-state index contributed by atoms with van der Waals surface area (Å²) in [7, 11) is 0. The minimum Gasteiger partial charge on any atom is -0.444 e. The average molecular weight is 524 g/mol. The Morgan fingerprint density at radius 3 is 2.27 bits per heavy atom. The van der Waals surface area contributed by atoms with E-state index >= 15 is 0 Å². The minimum atomic E-state index is -4.68. The Morgan fingerprint density at radius 1 is 1.27 bits per heavy atom. The van der Waals surface area contributed by atoms with Gasteiger partial charge < -0.3 is 4.74 Å². The maximum absolute atomic E-state index is 13.0. The van der Waals surface area contributed by atoms with Crippen LogP contribution in [0.25, 0.3) is 5.69 Å². The fourth-order valence-electron chi connectivity index (χ4n) is 2.27. The summed E-state index contributed by atoms with van der Waals surface area (Å²) in [5.74, 6) is 2.40. The zero-order chi connectivity index (χ0) is 22.9. The fraction of sp³-hybridized carbons (Fsp3) is 0.278. The lowest BCUT2D eigenvalue weighted by atomic mass is 10.2. The molecule has 0 radical (unpaired) electrons. The van der Waals surface area contributed by atoms with Gasteiger partial charge >= 0.3 is 12.3 Å². The first-order valence-corrected chi connectivity index (χ1v) is 9.54. The number of anilines is 1. The maximum Gasteiger partial charge on any atom is 0.416 e. The largest absolute Gasteiger partial charge is 0.444 e. The highest BCUT2D eigenvalue weighted by molar-refractivity contribution is 9.12. The lowest BCUT2D eigenvalue weighted by molar-refractivity contribution is -0.137. The van der Waals surface area contributed by atoms with Gasteiger partial charge in [-0.3, -0.25) is 5.32 Å². The van der Waals surface area contributed by atoms with Crippen molar-refractivity contribution >= 4 is 51.0 Å². The smallest absolute Gasteiger partial charge is 0.416 e. The van der Waals surface area contributed by atoms with E-state index in [1.807, 2.05) is 0 Å². The van der Waals surface area contributed by atoms with Crippen LogP contribution in [0.3, 0.4) is 0 Å². The summed E-state index contributed by atoms with van der Waals surface area (Å²) < 4.78 is 45.2. The zero-order valence-corrected chi connectivity index (χ0v) is 18.7. The van der Waals surface area contributed by atoms with E-state index in [1.54, 1.807) is 26.8 Å². The Kier molecular flexibility index (Phi) is 6.97. The minimum absolute atomic E-state index is 0.0211. The molecule has 2 aromatic rings. The van der Waals surface area contributed by atoms with Crippen molar-refractivity contribution in [2.45, 2.75) is 32.5 Å². The van der Waals surface area contributed by atoms with Crippen LogP contribution in [0.4, 0.5) is 23.8 Å². The number of nitrogens with zero attached hydrogens (tertiary/aromatic N) is 3. The number of ether oxygens (including phenoxy) is 1. The third-order valence-electron chi connectivity index (χ3n) is 3.34. The van der Waals surface area contributed by atoms with E-state index in [0.717, 1.165) is 4.68 Å². The van der Waals surface area contributed by atoms with E-state index in [-0.39, 0.29) is 22.8 Å². The van der Waals surface area contributed by atoms with Crippen LogP contribution in [-0.4, -0.2) is 21.5 Å². The van der Waals surface area contributed by atoms with Gasteiger partial charge in [0.15, 0.2) is 11.5 Å². The molecule has 0 aliphatic heterocycles. The summed E-state index contributed by atoms with van der Waals surface area (Å²) in [5.41, 5.74) is -2.35. The fourth-order valence-corrected chi connectivity index (χ4v) is 3.12. The molecule has 0 aliphatic rings. The molecule has 1 aromatic heterocycles. The standard InChI is InChI=1S/C18H12BrCl2F3N4O2/c1-17(2,3)30-16(29)26-15-10(4-5-19)13(8-25)27-28(15)14-11(20)6-9(7-12(14)21)18(22,23)24/h6-7H,1-3H3,(H,26,29). The number of hydrogen-bond donors (Lipinski definition) is 1. The van der Waals surface area contributed by atoms with Gasteiger partial charge in [0.25, 0.3) is 0 Å². The third-order valence-corrected chi connectivity index (χ3v) is 4.11. The second-order valence-electron chi connectivity index (χ2n) is 6.73. The first-order valence-electron chi connectivity index (χ1n) is 8.00. The number of benzene rings is 1. The molecule has 0 spiro atoms. The zero-order valence-electron chi connectivity index (χ0n) is 15.6. The first-order chi connectivity index (χ1) is 13.8. The third kappa shape index (κ3) is 5.39. The molecule has 1 aromatic carbocycles. The highest BCUT2D eigenvalue weighted by Crippen LogP contribution is 2.39. The quantitative estimate of drug-likeness (QED) is 0.481. The normalized spacial score (nSPS) is 11.3. The van der Waals surface area contributed by atoms with Crippen LogP contribution in [0.1, 0.15) is 37.6 Å². The number of halogens is 6. The Morgan fingerprint density at radius 2 is 1.83 bits per heavy atom. The Labute approximate surface area is 188 Å². The van der Waals surface area contributed by atoms with Crippen molar-refractivity contribution < 1.29 is 22.7 Å². The summed E-state index contributed by atoms with van der Waals surface area (Å²) in [6.07, 6.45) is -5.59. The van der Waals surface area contributed by atoms with Gasteiger partial charge in [-0.15, -0.1) is 0 Å². The average Bonchev–Trinajstić information content (AvgIpc) is 2.89. The lowest BCUT2D eigenvalue weighted by Crippen LogP contribution is -2.28. The number of amides is 1. The molecule has 0 fully saturated rings. The van der Waals surface area contributed by atoms with Gasteiger partial charge in [-0.1, -0.05) is 23.2 Å². The Balaban J connectivity index is 2.73. The molecular weight excluding hydrogens is 512 g/mol. The van der Waals surface area contributed by atoms with Gasteiger partial charge in [-0.25, -0.2) is 9.48 Å². The van der Waals surface area contributed by atoms with E-state index in [9.17, 15) is 23.2 Å². The molecule has 1 heterocycles. The lowest BCUT2D eigenvalue weighted by Gasteiger charge is -2.20. The number of hydrogen-bond acceptors (Lipinski definition) is 4. The van der Waals surface area contributed by atoms with Crippen LogP contribution < -0.4 is 5.32 Å². The predicted molar refractivity (Wildman–Crippen MR) is 109 cm³/mol. The number of aromatic nitrogens is 2. The molecule has 0 unspecified atom stereocenters. The van der Waals surface area contributed by atoms with E-state index in [4.69, 9.17) is 27.9 Å². The van der Waals surface area contributed by atoms with Crippen molar-refractivity contribution in [3.8, 4) is 22.5 Å². The summed E-state index contributed by atoms with van der Waals surface area (Å²) in [5, 5.41) is 14.9. The highest BCUT2D eigenvalue weighted by Gasteiger charge is 2.33. The van der Waals surface area contributed by atoms with E-state index in [0.29, 0.717) is 12.1 Å². The molecule has 0 aliphatic carbocycles. The van der Waals surface area contributed by atoms with Crippen molar-refractivity contribution in [3.63, 3.8) is 0 Å². The molecule has 30 heavy (non-hydrogen) atoms. The second-order valence-corrected chi connectivity index (χ2v) is 7.94. The van der Waals surface area contributed by atoms with E-state index in [1.165, 1.54) is 0 Å². The molecule has 0 saturated carbocycles. The number of carbonyl (C=O) groups excluding carboxylic acids is 1. The van der Waals surface area contributed by atoms with Gasteiger partial charge in [0.1, 0.15) is 22.9 Å². The van der Waals surface area contributed by atoms with Gasteiger partial charge in [0, 0.05) is 15.9 Å². The van der Waals surface area contributed by atoms with Crippen molar-refractivity contribution in [2.75, 3.05) is 5.32 Å². The van der Waals surface area contributed by atoms with Crippen molar-refractivity contribution in [2.24, 2.45) is 0 Å². The van der Waals surface area contributed by atoms with Crippen LogP contribution in [0.2, 0.25) is 10.0 Å². The SMILES string of the molecule is CC(C)(C)OC(=O)Nc1c(C#CBr)c(C#N)nn1-c1c(Cl)cc(C(F)(F)F)cc1Cl. The Bertz CT molecular complexity index is 1080. The molecule has 1 amide bonds. The van der Waals surface area contributed by atoms with Crippen molar-refractivity contribution in [1.29, 1.82) is 5.26 Å². The van der Waals surface area contributed by atoms with Gasteiger partial charge in [-0.05, 0) is 43.7 Å². The molecule has 0 atom stereocenters. The van der Waals surface area contributed by atoms with Crippen molar-refractivity contribution in [3.05, 3.63) is 39.0 Å². The van der Waals surface area contributed by atoms with Crippen LogP contribution in [-0.2, 0) is 10.9 Å². The number of rotatable bonds is 2. The van der Waals surface area contributed by atoms with Crippen molar-refractivity contribution in [1.82, 2.24) is 9.78 Å². The van der Waals surface area contributed by atoms with E-state index in [2.05, 4.69) is 37.1 Å². The number of nitrogens with one attached hydrogen (secondary N) is 1. The summed E-state index contributed by atoms with van der Waals surface area (Å²) >= 11 is 15.0. The molecule has 12 heteroatoms. The monoisotopic (exact) mass is 522 g/mol. The van der Waals surface area contributed by atoms with Crippen LogP contribution in [0.5, 0.6) is 0 Å². The first kappa shape index (κ1) is 23.9. The number of nitriles is 1. The summed E-state index contributed by atoms with van der Waals surface area (Å²) in [6, 6.07) is 3.11. The molecule has 6 nitrogen and oxygen atoms in total. The molecule has 2 rings (SSSR count). The topological polar surface area (TPSA) is 79.9 Å². The molecule has 158 valence electrons. The number of alkyl halides is 3. The highest BCUT2D eigenvalue weighted by atomic mass is 79.9. The summed E-state index contributed by atoms with van der Waals surface area (Å²) in [6.45, 7) is 4.90. The molecule has 1 N–H and O–H groups in total. The molecular formula is C18H12BrCl2F3N4O2. The number of carbonyl (C=O) groups is 1. The second kappa shape index (κ2) is 8.76. The summed E-state index contributed by atoms with van der Waals surface area (Å²) in [4.78, 5) is 14.7. The molecule has 0 saturated heterocycles.